The number of hydrogen-bond donors (Lipinski definition) is 0. The molecule has 0 fully saturated rings. The van der Waals surface area contributed by atoms with Gasteiger partial charge in [0.15, 0.2) is 11.5 Å². The zero-order chi connectivity index (χ0) is 23.2. The van der Waals surface area contributed by atoms with Crippen LogP contribution >= 0.6 is 0 Å². The fourth-order valence-electron chi connectivity index (χ4n) is 4.90. The van der Waals surface area contributed by atoms with Gasteiger partial charge < -0.3 is 28.4 Å². The van der Waals surface area contributed by atoms with Crippen molar-refractivity contribution in [2.75, 3.05) is 27.4 Å². The summed E-state index contributed by atoms with van der Waals surface area (Å²) in [6, 6.07) is 8.02. The molecule has 0 bridgehead atoms. The minimum Gasteiger partial charge on any atom is -0.493 e. The van der Waals surface area contributed by atoms with Gasteiger partial charge in [-0.05, 0) is 50.6 Å². The molecule has 3 atom stereocenters. The second kappa shape index (κ2) is 8.49. The Kier molecular flexibility index (Phi) is 5.65. The summed E-state index contributed by atoms with van der Waals surface area (Å²) in [6.07, 6.45) is 5.89. The highest BCUT2D eigenvalue weighted by Crippen LogP contribution is 2.54. The van der Waals surface area contributed by atoms with E-state index < -0.39 is 0 Å². The Bertz CT molecular complexity index is 1070. The molecule has 3 aliphatic rings. The molecule has 33 heavy (non-hydrogen) atoms. The third kappa shape index (κ3) is 3.80. The lowest BCUT2D eigenvalue weighted by molar-refractivity contribution is -0.0414. The topological polar surface area (TPSA) is 55.4 Å². The molecule has 0 unspecified atom stereocenters. The average molecular weight is 453 g/mol. The molecule has 176 valence electrons. The lowest BCUT2D eigenvalue weighted by Gasteiger charge is -2.44. The molecule has 2 aromatic carbocycles. The van der Waals surface area contributed by atoms with E-state index in [4.69, 9.17) is 28.4 Å². The molecule has 0 aromatic heterocycles. The van der Waals surface area contributed by atoms with Gasteiger partial charge in [-0.25, -0.2) is 0 Å². The van der Waals surface area contributed by atoms with E-state index in [1.165, 1.54) is 0 Å². The van der Waals surface area contributed by atoms with Crippen molar-refractivity contribution in [3.63, 3.8) is 0 Å². The van der Waals surface area contributed by atoms with Crippen LogP contribution in [0, 0.1) is 0 Å². The first-order chi connectivity index (χ1) is 16.0. The van der Waals surface area contributed by atoms with Crippen molar-refractivity contribution in [2.24, 2.45) is 0 Å². The Morgan fingerprint density at radius 2 is 1.82 bits per heavy atom. The van der Waals surface area contributed by atoms with E-state index in [2.05, 4.69) is 25.1 Å². The molecular formula is C27H32O6. The first kappa shape index (κ1) is 22.0. The van der Waals surface area contributed by atoms with E-state index in [-0.39, 0.29) is 23.7 Å². The summed E-state index contributed by atoms with van der Waals surface area (Å²) in [4.78, 5) is 0. The Morgan fingerprint density at radius 3 is 2.58 bits per heavy atom. The second-order valence-electron chi connectivity index (χ2n) is 9.32. The number of hydrogen-bond acceptors (Lipinski definition) is 6. The summed E-state index contributed by atoms with van der Waals surface area (Å²) in [5.74, 6) is 3.73. The van der Waals surface area contributed by atoms with Crippen LogP contribution in [0.25, 0.3) is 6.08 Å². The summed E-state index contributed by atoms with van der Waals surface area (Å²) in [5, 5.41) is 0. The second-order valence-corrected chi connectivity index (χ2v) is 9.32. The van der Waals surface area contributed by atoms with Crippen LogP contribution in [-0.4, -0.2) is 39.1 Å². The number of ether oxygens (including phenoxy) is 6. The van der Waals surface area contributed by atoms with Crippen LogP contribution in [0.1, 0.15) is 62.3 Å². The van der Waals surface area contributed by atoms with Gasteiger partial charge in [0, 0.05) is 23.8 Å². The van der Waals surface area contributed by atoms with Gasteiger partial charge in [-0.2, -0.15) is 0 Å². The monoisotopic (exact) mass is 452 g/mol. The number of unbranched alkanes of at least 4 members (excludes halogenated alkanes) is 1. The van der Waals surface area contributed by atoms with Gasteiger partial charge in [0.05, 0.1) is 31.8 Å². The van der Waals surface area contributed by atoms with Crippen LogP contribution in [0.3, 0.4) is 0 Å². The van der Waals surface area contributed by atoms with Gasteiger partial charge >= 0.3 is 0 Å². The van der Waals surface area contributed by atoms with Gasteiger partial charge in [0.1, 0.15) is 35.6 Å². The maximum atomic E-state index is 6.62. The largest absolute Gasteiger partial charge is 0.493 e. The van der Waals surface area contributed by atoms with Crippen LogP contribution in [0.15, 0.2) is 30.3 Å². The fraction of sp³-hybridized carbons (Fsp3) is 0.481. The SMILES string of the molecule is CCCCO[C@@H]1c2ccc3c(c2O[C@@H]2COc4cc(OC)c(OC)cc4[C@H]12)C=CC(C)(C)O3. The highest BCUT2D eigenvalue weighted by Gasteiger charge is 2.46. The summed E-state index contributed by atoms with van der Waals surface area (Å²) in [7, 11) is 3.28. The predicted octanol–water partition coefficient (Wildman–Crippen LogP) is 5.68. The zero-order valence-electron chi connectivity index (χ0n) is 20.0. The van der Waals surface area contributed by atoms with Gasteiger partial charge in [-0.15, -0.1) is 0 Å². The van der Waals surface area contributed by atoms with Crippen molar-refractivity contribution in [3.05, 3.63) is 47.0 Å². The van der Waals surface area contributed by atoms with E-state index in [1.54, 1.807) is 14.2 Å². The van der Waals surface area contributed by atoms with Crippen molar-refractivity contribution in [3.8, 4) is 28.7 Å². The molecule has 3 heterocycles. The van der Waals surface area contributed by atoms with Gasteiger partial charge in [-0.3, -0.25) is 0 Å². The standard InChI is InChI=1S/C27H32O6/c1-6-7-12-30-26-17-8-9-19-16(10-11-27(2,3)33-19)25(17)32-23-15-31-20-14-22(29-5)21(28-4)13-18(20)24(23)26/h8-11,13-14,23-24,26H,6-7,12,15H2,1-5H3/t23-,24+,26-/m1/s1. The highest BCUT2D eigenvalue weighted by atomic mass is 16.6. The summed E-state index contributed by atoms with van der Waals surface area (Å²) >= 11 is 0. The number of fused-ring (bicyclic) bond motifs is 6. The summed E-state index contributed by atoms with van der Waals surface area (Å²) in [6.45, 7) is 7.38. The van der Waals surface area contributed by atoms with Crippen molar-refractivity contribution in [2.45, 2.75) is 57.3 Å². The lowest BCUT2D eigenvalue weighted by atomic mass is 9.79. The van der Waals surface area contributed by atoms with E-state index in [0.29, 0.717) is 24.7 Å². The minimum absolute atomic E-state index is 0.0270. The summed E-state index contributed by atoms with van der Waals surface area (Å²) in [5.41, 5.74) is 2.67. The predicted molar refractivity (Wildman–Crippen MR) is 126 cm³/mol. The molecule has 0 saturated carbocycles. The zero-order valence-corrected chi connectivity index (χ0v) is 20.0. The lowest BCUT2D eigenvalue weighted by Crippen LogP contribution is -2.43. The molecule has 2 aromatic rings. The first-order valence-corrected chi connectivity index (χ1v) is 11.7. The molecule has 5 rings (SSSR count). The Morgan fingerprint density at radius 1 is 1.03 bits per heavy atom. The van der Waals surface area contributed by atoms with Crippen LogP contribution < -0.4 is 23.7 Å². The van der Waals surface area contributed by atoms with E-state index >= 15 is 0 Å². The number of benzene rings is 2. The van der Waals surface area contributed by atoms with E-state index in [9.17, 15) is 0 Å². The molecule has 0 N–H and O–H groups in total. The van der Waals surface area contributed by atoms with E-state index in [1.807, 2.05) is 32.0 Å². The van der Waals surface area contributed by atoms with Gasteiger partial charge in [-0.1, -0.05) is 13.3 Å². The Balaban J connectivity index is 1.62. The Labute approximate surface area is 195 Å². The third-order valence-corrected chi connectivity index (χ3v) is 6.59. The van der Waals surface area contributed by atoms with Crippen molar-refractivity contribution in [1.82, 2.24) is 0 Å². The quantitative estimate of drug-likeness (QED) is 0.526. The van der Waals surface area contributed by atoms with Gasteiger partial charge in [0.25, 0.3) is 0 Å². The van der Waals surface area contributed by atoms with E-state index in [0.717, 1.165) is 46.8 Å². The molecule has 6 nitrogen and oxygen atoms in total. The van der Waals surface area contributed by atoms with Crippen LogP contribution in [0.5, 0.6) is 28.7 Å². The number of rotatable bonds is 6. The molecule has 0 amide bonds. The number of methoxy groups -OCH3 is 2. The molecule has 0 aliphatic carbocycles. The van der Waals surface area contributed by atoms with Gasteiger partial charge in [0.2, 0.25) is 0 Å². The molecule has 0 spiro atoms. The van der Waals surface area contributed by atoms with Crippen molar-refractivity contribution >= 4 is 6.08 Å². The van der Waals surface area contributed by atoms with Crippen LogP contribution in [0.2, 0.25) is 0 Å². The average Bonchev–Trinajstić information content (AvgIpc) is 2.81. The third-order valence-electron chi connectivity index (χ3n) is 6.59. The fourth-order valence-corrected chi connectivity index (χ4v) is 4.90. The summed E-state index contributed by atoms with van der Waals surface area (Å²) < 4.78 is 36.6. The van der Waals surface area contributed by atoms with Crippen molar-refractivity contribution in [1.29, 1.82) is 0 Å². The Hall–Kier alpha value is -2.86. The molecular weight excluding hydrogens is 420 g/mol. The highest BCUT2D eigenvalue weighted by molar-refractivity contribution is 5.70. The molecule has 0 radical (unpaired) electrons. The molecule has 3 aliphatic heterocycles. The maximum absolute atomic E-state index is 6.62. The minimum atomic E-state index is -0.349. The molecule has 6 heteroatoms. The molecule has 0 saturated heterocycles. The van der Waals surface area contributed by atoms with Crippen LogP contribution in [0.4, 0.5) is 0 Å². The maximum Gasteiger partial charge on any atom is 0.164 e. The normalized spacial score (nSPS) is 23.6. The smallest absolute Gasteiger partial charge is 0.164 e. The van der Waals surface area contributed by atoms with Crippen LogP contribution in [-0.2, 0) is 4.74 Å². The first-order valence-electron chi connectivity index (χ1n) is 11.7. The van der Waals surface area contributed by atoms with Crippen molar-refractivity contribution < 1.29 is 28.4 Å².